The van der Waals surface area contributed by atoms with E-state index in [0.29, 0.717) is 13.1 Å². The van der Waals surface area contributed by atoms with Crippen molar-refractivity contribution in [3.63, 3.8) is 0 Å². The van der Waals surface area contributed by atoms with Crippen LogP contribution in [-0.2, 0) is 16.8 Å². The second kappa shape index (κ2) is 6.36. The van der Waals surface area contributed by atoms with E-state index in [4.69, 9.17) is 0 Å². The molecule has 2 N–H and O–H groups in total. The zero-order valence-corrected chi connectivity index (χ0v) is 11.7. The Hall–Kier alpha value is -1.11. The van der Waals surface area contributed by atoms with E-state index in [-0.39, 0.29) is 12.3 Å². The summed E-state index contributed by atoms with van der Waals surface area (Å²) in [4.78, 5) is 0. The Morgan fingerprint density at radius 1 is 1.16 bits per heavy atom. The zero-order valence-electron chi connectivity index (χ0n) is 10.9. The van der Waals surface area contributed by atoms with Gasteiger partial charge in [-0.25, -0.2) is 0 Å². The van der Waals surface area contributed by atoms with Gasteiger partial charge in [-0.2, -0.15) is 17.4 Å². The molecule has 6 heteroatoms. The first kappa shape index (κ1) is 14.3. The van der Waals surface area contributed by atoms with Crippen LogP contribution in [-0.4, -0.2) is 30.9 Å². The lowest BCUT2D eigenvalue weighted by molar-refractivity contribution is 0.414. The molecule has 19 heavy (non-hydrogen) atoms. The highest BCUT2D eigenvalue weighted by molar-refractivity contribution is 7.87. The lowest BCUT2D eigenvalue weighted by atomic mass is 10.2. The highest BCUT2D eigenvalue weighted by Gasteiger charge is 2.22. The van der Waals surface area contributed by atoms with Crippen molar-refractivity contribution >= 4 is 10.2 Å². The van der Waals surface area contributed by atoms with Crippen LogP contribution in [0.1, 0.15) is 31.2 Å². The highest BCUT2D eigenvalue weighted by atomic mass is 32.2. The van der Waals surface area contributed by atoms with Gasteiger partial charge in [0.05, 0.1) is 0 Å². The molecule has 5 nitrogen and oxygen atoms in total. The number of hydrogen-bond donors (Lipinski definition) is 2. The predicted octanol–water partition coefficient (Wildman–Crippen LogP) is 1.60. The molecule has 0 aliphatic carbocycles. The maximum atomic E-state index is 12.1. The summed E-state index contributed by atoms with van der Waals surface area (Å²) in [5.74, 6) is 0.145. The number of phenols is 1. The highest BCUT2D eigenvalue weighted by Crippen LogP contribution is 2.14. The molecule has 1 aliphatic heterocycles. The molecular weight excluding hydrogens is 264 g/mol. The Morgan fingerprint density at radius 2 is 1.84 bits per heavy atom. The second-order valence-electron chi connectivity index (χ2n) is 4.81. The van der Waals surface area contributed by atoms with Gasteiger partial charge in [0.25, 0.3) is 10.2 Å². The third-order valence-electron chi connectivity index (χ3n) is 3.27. The molecule has 0 radical (unpaired) electrons. The molecule has 1 aromatic rings. The molecule has 2 rings (SSSR count). The Bertz CT molecular complexity index is 508. The number of aromatic hydroxyl groups is 1. The first-order chi connectivity index (χ1) is 9.08. The summed E-state index contributed by atoms with van der Waals surface area (Å²) in [5, 5.41) is 9.34. The standard InChI is InChI=1S/C13H20N2O3S/c16-13-7-5-6-12(10-13)11-14-19(17,18)15-8-3-1-2-4-9-15/h5-7,10,14,16H,1-4,8-9,11H2. The number of phenolic OH excluding ortho intramolecular Hbond substituents is 1. The summed E-state index contributed by atoms with van der Waals surface area (Å²) in [6.45, 7) is 1.39. The summed E-state index contributed by atoms with van der Waals surface area (Å²) in [7, 11) is -3.42. The fourth-order valence-corrected chi connectivity index (χ4v) is 3.48. The van der Waals surface area contributed by atoms with E-state index in [0.717, 1.165) is 31.2 Å². The topological polar surface area (TPSA) is 69.6 Å². The normalized spacial score (nSPS) is 18.1. The molecule has 0 atom stereocenters. The number of rotatable bonds is 4. The first-order valence-corrected chi connectivity index (χ1v) is 8.04. The van der Waals surface area contributed by atoms with E-state index in [1.54, 1.807) is 24.3 Å². The summed E-state index contributed by atoms with van der Waals surface area (Å²) < 4.78 is 28.4. The van der Waals surface area contributed by atoms with Gasteiger partial charge in [0.2, 0.25) is 0 Å². The second-order valence-corrected chi connectivity index (χ2v) is 6.56. The van der Waals surface area contributed by atoms with Crippen LogP contribution in [0.15, 0.2) is 24.3 Å². The Balaban J connectivity index is 1.96. The Labute approximate surface area is 114 Å². The van der Waals surface area contributed by atoms with Crippen molar-refractivity contribution in [1.29, 1.82) is 0 Å². The van der Waals surface area contributed by atoms with Crippen LogP contribution in [0.3, 0.4) is 0 Å². The van der Waals surface area contributed by atoms with Crippen LogP contribution in [0.5, 0.6) is 5.75 Å². The minimum Gasteiger partial charge on any atom is -0.508 e. The number of hydrogen-bond acceptors (Lipinski definition) is 3. The molecule has 0 amide bonds. The molecule has 106 valence electrons. The minimum absolute atomic E-state index is 0.145. The van der Waals surface area contributed by atoms with Gasteiger partial charge in [-0.3, -0.25) is 0 Å². The minimum atomic E-state index is -3.42. The van der Waals surface area contributed by atoms with Crippen molar-refractivity contribution in [1.82, 2.24) is 9.03 Å². The summed E-state index contributed by atoms with van der Waals surface area (Å²) in [6.07, 6.45) is 4.04. The molecule has 0 aromatic heterocycles. The van der Waals surface area contributed by atoms with Gasteiger partial charge in [-0.15, -0.1) is 0 Å². The van der Waals surface area contributed by atoms with Crippen LogP contribution in [0.2, 0.25) is 0 Å². The van der Waals surface area contributed by atoms with Crippen molar-refractivity contribution in [2.24, 2.45) is 0 Å². The SMILES string of the molecule is O=S(=O)(NCc1cccc(O)c1)N1CCCCCC1. The van der Waals surface area contributed by atoms with Crippen molar-refractivity contribution in [3.05, 3.63) is 29.8 Å². The zero-order chi connectivity index (χ0) is 13.7. The number of nitrogens with one attached hydrogen (secondary N) is 1. The van der Waals surface area contributed by atoms with Gasteiger partial charge >= 0.3 is 0 Å². The van der Waals surface area contributed by atoms with Gasteiger partial charge in [0, 0.05) is 19.6 Å². The van der Waals surface area contributed by atoms with Crippen LogP contribution in [0, 0.1) is 0 Å². The van der Waals surface area contributed by atoms with E-state index >= 15 is 0 Å². The number of benzene rings is 1. The molecule has 1 aliphatic rings. The molecular formula is C13H20N2O3S. The van der Waals surface area contributed by atoms with Gasteiger partial charge in [0.15, 0.2) is 0 Å². The fraction of sp³-hybridized carbons (Fsp3) is 0.538. The molecule has 0 saturated carbocycles. The van der Waals surface area contributed by atoms with Crippen molar-refractivity contribution < 1.29 is 13.5 Å². The van der Waals surface area contributed by atoms with Crippen molar-refractivity contribution in [2.75, 3.05) is 13.1 Å². The van der Waals surface area contributed by atoms with E-state index in [9.17, 15) is 13.5 Å². The molecule has 1 saturated heterocycles. The van der Waals surface area contributed by atoms with Crippen molar-refractivity contribution in [3.8, 4) is 5.75 Å². The fourth-order valence-electron chi connectivity index (χ4n) is 2.21. The predicted molar refractivity (Wildman–Crippen MR) is 73.9 cm³/mol. The van der Waals surface area contributed by atoms with Gasteiger partial charge in [-0.1, -0.05) is 25.0 Å². The third kappa shape index (κ3) is 4.19. The smallest absolute Gasteiger partial charge is 0.279 e. The van der Waals surface area contributed by atoms with E-state index in [2.05, 4.69) is 4.72 Å². The maximum Gasteiger partial charge on any atom is 0.279 e. The number of nitrogens with zero attached hydrogens (tertiary/aromatic N) is 1. The average Bonchev–Trinajstić information content (AvgIpc) is 2.66. The van der Waals surface area contributed by atoms with E-state index in [1.807, 2.05) is 0 Å². The molecule has 1 heterocycles. The molecule has 0 bridgehead atoms. The quantitative estimate of drug-likeness (QED) is 0.882. The largest absolute Gasteiger partial charge is 0.508 e. The summed E-state index contributed by atoms with van der Waals surface area (Å²) in [6, 6.07) is 6.60. The molecule has 0 unspecified atom stereocenters. The summed E-state index contributed by atoms with van der Waals surface area (Å²) >= 11 is 0. The Morgan fingerprint density at radius 3 is 2.47 bits per heavy atom. The van der Waals surface area contributed by atoms with Crippen LogP contribution in [0.4, 0.5) is 0 Å². The monoisotopic (exact) mass is 284 g/mol. The molecule has 1 fully saturated rings. The lowest BCUT2D eigenvalue weighted by Crippen LogP contribution is -2.40. The van der Waals surface area contributed by atoms with Crippen LogP contribution in [0.25, 0.3) is 0 Å². The van der Waals surface area contributed by atoms with Crippen LogP contribution < -0.4 is 4.72 Å². The average molecular weight is 284 g/mol. The summed E-state index contributed by atoms with van der Waals surface area (Å²) in [5.41, 5.74) is 0.749. The third-order valence-corrected chi connectivity index (χ3v) is 4.83. The Kier molecular flexibility index (Phi) is 4.79. The van der Waals surface area contributed by atoms with Gasteiger partial charge < -0.3 is 5.11 Å². The van der Waals surface area contributed by atoms with Crippen molar-refractivity contribution in [2.45, 2.75) is 32.2 Å². The van der Waals surface area contributed by atoms with E-state index in [1.165, 1.54) is 4.31 Å². The molecule has 1 aromatic carbocycles. The lowest BCUT2D eigenvalue weighted by Gasteiger charge is -2.20. The van der Waals surface area contributed by atoms with Gasteiger partial charge in [-0.05, 0) is 30.5 Å². The van der Waals surface area contributed by atoms with E-state index < -0.39 is 10.2 Å². The maximum absolute atomic E-state index is 12.1. The van der Waals surface area contributed by atoms with Gasteiger partial charge in [0.1, 0.15) is 5.75 Å². The first-order valence-electron chi connectivity index (χ1n) is 6.60. The molecule has 0 spiro atoms. The van der Waals surface area contributed by atoms with Crippen LogP contribution >= 0.6 is 0 Å².